The van der Waals surface area contributed by atoms with Gasteiger partial charge < -0.3 is 9.84 Å². The van der Waals surface area contributed by atoms with Crippen LogP contribution in [-0.4, -0.2) is 34.1 Å². The van der Waals surface area contributed by atoms with E-state index >= 15 is 0 Å². The third kappa shape index (κ3) is 5.54. The van der Waals surface area contributed by atoms with Crippen LogP contribution in [0.4, 0.5) is 0 Å². The second-order valence-electron chi connectivity index (χ2n) is 8.21. The van der Waals surface area contributed by atoms with Gasteiger partial charge in [0, 0.05) is 17.3 Å². The number of pyridine rings is 1. The van der Waals surface area contributed by atoms with Gasteiger partial charge >= 0.3 is 5.97 Å². The average Bonchev–Trinajstić information content (AvgIpc) is 3.30. The fourth-order valence-corrected chi connectivity index (χ4v) is 4.54. The number of sulfonamides is 1. The van der Waals surface area contributed by atoms with E-state index in [9.17, 15) is 13.2 Å². The number of ether oxygens (including phenoxy) is 1. The van der Waals surface area contributed by atoms with E-state index in [1.807, 2.05) is 31.3 Å². The minimum atomic E-state index is -3.80. The van der Waals surface area contributed by atoms with E-state index in [0.29, 0.717) is 11.4 Å². The number of hydrogen-bond acceptors (Lipinski definition) is 6. The number of fused-ring (bicyclic) bond motifs is 1. The third-order valence-corrected chi connectivity index (χ3v) is 6.57. The Morgan fingerprint density at radius 2 is 1.94 bits per heavy atom. The number of benzene rings is 2. The molecule has 1 unspecified atom stereocenters. The molecule has 4 aromatic rings. The van der Waals surface area contributed by atoms with Gasteiger partial charge in [-0.15, -0.1) is 5.92 Å². The minimum Gasteiger partial charge on any atom is -0.489 e. The van der Waals surface area contributed by atoms with Crippen molar-refractivity contribution in [1.29, 1.82) is 0 Å². The van der Waals surface area contributed by atoms with Gasteiger partial charge in [-0.2, -0.15) is 5.10 Å². The largest absolute Gasteiger partial charge is 0.489 e. The van der Waals surface area contributed by atoms with Crippen molar-refractivity contribution < 1.29 is 23.1 Å². The number of carboxylic acids is 1. The number of aryl methyl sites for hydroxylation is 1. The van der Waals surface area contributed by atoms with Gasteiger partial charge in [-0.1, -0.05) is 24.1 Å². The quantitative estimate of drug-likeness (QED) is 0.350. The van der Waals surface area contributed by atoms with Gasteiger partial charge in [0.25, 0.3) is 0 Å². The molecule has 0 radical (unpaired) electrons. The van der Waals surface area contributed by atoms with Crippen LogP contribution < -0.4 is 9.88 Å². The number of aromatic nitrogens is 3. The lowest BCUT2D eigenvalue weighted by atomic mass is 9.96. The maximum Gasteiger partial charge on any atom is 0.304 e. The zero-order valence-electron chi connectivity index (χ0n) is 19.7. The summed E-state index contributed by atoms with van der Waals surface area (Å²) in [5, 5.41) is 18.6. The van der Waals surface area contributed by atoms with Gasteiger partial charge in [0.15, 0.2) is 5.65 Å². The summed E-state index contributed by atoms with van der Waals surface area (Å²) in [6, 6.07) is 13.8. The molecule has 0 aliphatic heterocycles. The first-order valence-electron chi connectivity index (χ1n) is 11.0. The summed E-state index contributed by atoms with van der Waals surface area (Å²) in [5.74, 6) is 5.02. The SMILES string of the molecule is CC#CC(CC(=O)O)c1ccc(OCc2cc(-c3ccc(S(N)(=O)=O)cc3C)cn3ncnc23)cc1. The van der Waals surface area contributed by atoms with Gasteiger partial charge in [0.1, 0.15) is 18.7 Å². The van der Waals surface area contributed by atoms with Gasteiger partial charge in [0.2, 0.25) is 10.0 Å². The summed E-state index contributed by atoms with van der Waals surface area (Å²) in [4.78, 5) is 15.5. The van der Waals surface area contributed by atoms with Crippen LogP contribution in [0.3, 0.4) is 0 Å². The average molecular weight is 505 g/mol. The molecule has 184 valence electrons. The van der Waals surface area contributed by atoms with Crippen molar-refractivity contribution in [2.75, 3.05) is 0 Å². The van der Waals surface area contributed by atoms with E-state index in [2.05, 4.69) is 21.9 Å². The summed E-state index contributed by atoms with van der Waals surface area (Å²) >= 11 is 0. The molecule has 0 bridgehead atoms. The molecule has 0 saturated carbocycles. The van der Waals surface area contributed by atoms with Crippen molar-refractivity contribution in [2.45, 2.75) is 37.7 Å². The Morgan fingerprint density at radius 1 is 1.19 bits per heavy atom. The molecule has 0 aliphatic rings. The smallest absolute Gasteiger partial charge is 0.304 e. The van der Waals surface area contributed by atoms with E-state index in [1.54, 1.807) is 29.6 Å². The molecule has 0 saturated heterocycles. The summed E-state index contributed by atoms with van der Waals surface area (Å²) < 4.78 is 31.0. The zero-order valence-corrected chi connectivity index (χ0v) is 20.5. The van der Waals surface area contributed by atoms with Crippen molar-refractivity contribution in [3.63, 3.8) is 0 Å². The number of hydrogen-bond donors (Lipinski definition) is 2. The monoisotopic (exact) mass is 504 g/mol. The first-order valence-corrected chi connectivity index (χ1v) is 12.5. The molecule has 0 aliphatic carbocycles. The summed E-state index contributed by atoms with van der Waals surface area (Å²) in [6.07, 6.45) is 3.19. The van der Waals surface area contributed by atoms with E-state index < -0.39 is 21.9 Å². The molecule has 2 aromatic carbocycles. The number of carboxylic acid groups (broad SMARTS) is 1. The first kappa shape index (κ1) is 24.9. The van der Waals surface area contributed by atoms with Crippen LogP contribution in [0, 0.1) is 18.8 Å². The predicted octanol–water partition coefficient (Wildman–Crippen LogP) is 3.51. The number of rotatable bonds is 8. The summed E-state index contributed by atoms with van der Waals surface area (Å²) in [6.45, 7) is 3.70. The van der Waals surface area contributed by atoms with Crippen molar-refractivity contribution in [3.05, 3.63) is 77.7 Å². The minimum absolute atomic E-state index is 0.0492. The molecule has 10 heteroatoms. The Hall–Kier alpha value is -4.20. The van der Waals surface area contributed by atoms with E-state index in [0.717, 1.165) is 27.8 Å². The van der Waals surface area contributed by atoms with Crippen LogP contribution >= 0.6 is 0 Å². The second kappa shape index (κ2) is 10.2. The standard InChI is InChI=1S/C26H24N4O5S/c1-3-4-19(13-25(31)32)18-5-7-22(8-6-18)35-15-21-12-20(14-30-26(21)28-16-29-30)24-10-9-23(11-17(24)2)36(27,33)34/h5-12,14,16,19H,13,15H2,1-2H3,(H,31,32)(H2,27,33,34). The molecule has 0 amide bonds. The number of aliphatic carboxylic acids is 1. The molecule has 0 fully saturated rings. The number of primary sulfonamides is 1. The first-order chi connectivity index (χ1) is 17.2. The van der Waals surface area contributed by atoms with E-state index in [-0.39, 0.29) is 17.9 Å². The Labute approximate surface area is 208 Å². The lowest BCUT2D eigenvalue weighted by Gasteiger charge is -2.13. The van der Waals surface area contributed by atoms with Crippen molar-refractivity contribution in [1.82, 2.24) is 14.6 Å². The summed E-state index contributed by atoms with van der Waals surface area (Å²) in [5.41, 5.74) is 4.61. The number of nitrogens with zero attached hydrogens (tertiary/aromatic N) is 3. The highest BCUT2D eigenvalue weighted by molar-refractivity contribution is 7.89. The van der Waals surface area contributed by atoms with Gasteiger partial charge in [-0.25, -0.2) is 23.1 Å². The van der Waals surface area contributed by atoms with Crippen molar-refractivity contribution >= 4 is 21.6 Å². The van der Waals surface area contributed by atoms with Crippen LogP contribution in [0.15, 0.2) is 66.0 Å². The molecular weight excluding hydrogens is 480 g/mol. The second-order valence-corrected chi connectivity index (χ2v) is 9.77. The van der Waals surface area contributed by atoms with Crippen LogP contribution in [-0.2, 0) is 21.4 Å². The topological polar surface area (TPSA) is 137 Å². The van der Waals surface area contributed by atoms with Gasteiger partial charge in [0.05, 0.1) is 17.2 Å². The van der Waals surface area contributed by atoms with Crippen LogP contribution in [0.5, 0.6) is 5.75 Å². The Balaban J connectivity index is 1.59. The molecule has 2 aromatic heterocycles. The third-order valence-electron chi connectivity index (χ3n) is 5.66. The fourth-order valence-electron chi connectivity index (χ4n) is 3.94. The molecular formula is C26H24N4O5S. The molecule has 1 atom stereocenters. The van der Waals surface area contributed by atoms with Gasteiger partial charge in [-0.05, 0) is 60.9 Å². The molecule has 2 heterocycles. The maximum atomic E-state index is 11.7. The molecule has 36 heavy (non-hydrogen) atoms. The number of nitrogens with two attached hydrogens (primary N) is 1. The molecule has 0 spiro atoms. The normalized spacial score (nSPS) is 12.1. The van der Waals surface area contributed by atoms with Crippen LogP contribution in [0.2, 0.25) is 0 Å². The lowest BCUT2D eigenvalue weighted by molar-refractivity contribution is -0.137. The highest BCUT2D eigenvalue weighted by Crippen LogP contribution is 2.28. The fraction of sp³-hybridized carbons (Fsp3) is 0.192. The van der Waals surface area contributed by atoms with E-state index in [1.165, 1.54) is 18.5 Å². The maximum absolute atomic E-state index is 11.7. The lowest BCUT2D eigenvalue weighted by Crippen LogP contribution is -2.12. The van der Waals surface area contributed by atoms with E-state index in [4.69, 9.17) is 15.0 Å². The van der Waals surface area contributed by atoms with Crippen molar-refractivity contribution in [3.8, 4) is 28.7 Å². The Morgan fingerprint density at radius 3 is 2.58 bits per heavy atom. The van der Waals surface area contributed by atoms with Crippen molar-refractivity contribution in [2.24, 2.45) is 5.14 Å². The molecule has 9 nitrogen and oxygen atoms in total. The highest BCUT2D eigenvalue weighted by Gasteiger charge is 2.15. The van der Waals surface area contributed by atoms with Crippen LogP contribution in [0.1, 0.15) is 36.0 Å². The Bertz CT molecular complexity index is 1600. The van der Waals surface area contributed by atoms with Crippen LogP contribution in [0.25, 0.3) is 16.8 Å². The van der Waals surface area contributed by atoms with Gasteiger partial charge in [-0.3, -0.25) is 4.79 Å². The molecule has 3 N–H and O–H groups in total. The Kier molecular flexibility index (Phi) is 7.05. The highest BCUT2D eigenvalue weighted by atomic mass is 32.2. The predicted molar refractivity (Wildman–Crippen MR) is 134 cm³/mol. The number of carbonyl (C=O) groups is 1. The zero-order chi connectivity index (χ0) is 25.9. The molecule has 4 rings (SSSR count). The summed E-state index contributed by atoms with van der Waals surface area (Å²) in [7, 11) is -3.80.